The number of carboxylic acids is 1. The molecule has 0 heterocycles. The van der Waals surface area contributed by atoms with Gasteiger partial charge in [-0.2, -0.15) is 0 Å². The maximum atomic E-state index is 11.6. The molecule has 1 fully saturated rings. The molecule has 1 aliphatic carbocycles. The number of carbonyl (C=O) groups excluding carboxylic acids is 1. The minimum Gasteiger partial charge on any atom is -0.480 e. The Morgan fingerprint density at radius 3 is 2.33 bits per heavy atom. The molecule has 1 atom stereocenters. The standard InChI is InChI=1S/C11H19NO3/c1-11(10(14)15,9(13)12-2)7-8-5-3-4-6-8/h8H,3-7H2,1-2H3,(H,12,13)(H,14,15). The summed E-state index contributed by atoms with van der Waals surface area (Å²) in [5.74, 6) is -1.01. The van der Waals surface area contributed by atoms with E-state index in [1.54, 1.807) is 0 Å². The van der Waals surface area contributed by atoms with Crippen molar-refractivity contribution >= 4 is 11.9 Å². The van der Waals surface area contributed by atoms with Gasteiger partial charge in [0.1, 0.15) is 5.41 Å². The smallest absolute Gasteiger partial charge is 0.318 e. The van der Waals surface area contributed by atoms with Gasteiger partial charge >= 0.3 is 5.97 Å². The maximum absolute atomic E-state index is 11.6. The minimum absolute atomic E-state index is 0.387. The van der Waals surface area contributed by atoms with Crippen molar-refractivity contribution in [3.63, 3.8) is 0 Å². The first-order valence-corrected chi connectivity index (χ1v) is 5.46. The number of aliphatic carboxylic acids is 1. The second kappa shape index (κ2) is 4.64. The molecule has 0 aromatic carbocycles. The van der Waals surface area contributed by atoms with Crippen molar-refractivity contribution in [1.29, 1.82) is 0 Å². The van der Waals surface area contributed by atoms with Crippen molar-refractivity contribution < 1.29 is 14.7 Å². The first kappa shape index (κ1) is 12.0. The van der Waals surface area contributed by atoms with Gasteiger partial charge < -0.3 is 10.4 Å². The summed E-state index contributed by atoms with van der Waals surface area (Å²) in [6, 6.07) is 0. The Morgan fingerprint density at radius 2 is 1.93 bits per heavy atom. The lowest BCUT2D eigenvalue weighted by atomic mass is 9.79. The monoisotopic (exact) mass is 213 g/mol. The lowest BCUT2D eigenvalue weighted by Crippen LogP contribution is -2.44. The van der Waals surface area contributed by atoms with Crippen LogP contribution < -0.4 is 5.32 Å². The van der Waals surface area contributed by atoms with Gasteiger partial charge in [0.2, 0.25) is 5.91 Å². The van der Waals surface area contributed by atoms with E-state index in [9.17, 15) is 9.59 Å². The molecular formula is C11H19NO3. The molecule has 4 heteroatoms. The van der Waals surface area contributed by atoms with Crippen LogP contribution in [0.1, 0.15) is 39.0 Å². The van der Waals surface area contributed by atoms with E-state index in [0.717, 1.165) is 25.7 Å². The zero-order valence-electron chi connectivity index (χ0n) is 9.38. The fraction of sp³-hybridized carbons (Fsp3) is 0.818. The molecule has 1 aliphatic rings. The van der Waals surface area contributed by atoms with Crippen molar-refractivity contribution in [3.05, 3.63) is 0 Å². The Labute approximate surface area is 90.0 Å². The lowest BCUT2D eigenvalue weighted by Gasteiger charge is -2.25. The second-order valence-corrected chi connectivity index (χ2v) is 4.57. The molecule has 0 bridgehead atoms. The molecule has 1 unspecified atom stereocenters. The molecule has 0 aliphatic heterocycles. The molecule has 0 spiro atoms. The van der Waals surface area contributed by atoms with Crippen LogP contribution in [-0.4, -0.2) is 24.0 Å². The normalized spacial score (nSPS) is 20.9. The molecule has 2 N–H and O–H groups in total. The van der Waals surface area contributed by atoms with Crippen molar-refractivity contribution in [1.82, 2.24) is 5.32 Å². The van der Waals surface area contributed by atoms with Crippen molar-refractivity contribution in [2.45, 2.75) is 39.0 Å². The van der Waals surface area contributed by atoms with Gasteiger partial charge in [-0.25, -0.2) is 0 Å². The number of nitrogens with one attached hydrogen (secondary N) is 1. The fourth-order valence-corrected chi connectivity index (χ4v) is 2.34. The molecule has 1 rings (SSSR count). The summed E-state index contributed by atoms with van der Waals surface area (Å²) >= 11 is 0. The second-order valence-electron chi connectivity index (χ2n) is 4.57. The van der Waals surface area contributed by atoms with Crippen molar-refractivity contribution in [2.75, 3.05) is 7.05 Å². The van der Waals surface area contributed by atoms with Crippen LogP contribution in [0.25, 0.3) is 0 Å². The molecule has 0 aromatic rings. The number of carboxylic acid groups (broad SMARTS) is 1. The molecular weight excluding hydrogens is 194 g/mol. The van der Waals surface area contributed by atoms with Gasteiger partial charge in [0, 0.05) is 7.05 Å². The SMILES string of the molecule is CNC(=O)C(C)(CC1CCCC1)C(=O)O. The Morgan fingerprint density at radius 1 is 1.40 bits per heavy atom. The average Bonchev–Trinajstić information content (AvgIpc) is 2.68. The van der Waals surface area contributed by atoms with E-state index in [-0.39, 0.29) is 5.91 Å². The number of hydrogen-bond acceptors (Lipinski definition) is 2. The van der Waals surface area contributed by atoms with Crippen molar-refractivity contribution in [3.8, 4) is 0 Å². The molecule has 1 saturated carbocycles. The van der Waals surface area contributed by atoms with Gasteiger partial charge in [-0.05, 0) is 19.3 Å². The van der Waals surface area contributed by atoms with E-state index in [4.69, 9.17) is 5.11 Å². The van der Waals surface area contributed by atoms with Crippen LogP contribution in [0.3, 0.4) is 0 Å². The van der Waals surface area contributed by atoms with Crippen LogP contribution in [0.2, 0.25) is 0 Å². The number of hydrogen-bond donors (Lipinski definition) is 2. The molecule has 86 valence electrons. The van der Waals surface area contributed by atoms with Gasteiger partial charge in [-0.15, -0.1) is 0 Å². The van der Waals surface area contributed by atoms with E-state index in [1.807, 2.05) is 0 Å². The van der Waals surface area contributed by atoms with Gasteiger partial charge in [-0.1, -0.05) is 25.7 Å². The molecule has 15 heavy (non-hydrogen) atoms. The Hall–Kier alpha value is -1.06. The van der Waals surface area contributed by atoms with Gasteiger partial charge in [0.15, 0.2) is 0 Å². The first-order valence-electron chi connectivity index (χ1n) is 5.46. The average molecular weight is 213 g/mol. The molecule has 0 aromatic heterocycles. The largest absolute Gasteiger partial charge is 0.480 e. The Bertz CT molecular complexity index is 259. The van der Waals surface area contributed by atoms with E-state index in [0.29, 0.717) is 12.3 Å². The van der Waals surface area contributed by atoms with Crippen LogP contribution in [0.5, 0.6) is 0 Å². The molecule has 0 radical (unpaired) electrons. The summed E-state index contributed by atoms with van der Waals surface area (Å²) in [7, 11) is 1.48. The highest BCUT2D eigenvalue weighted by Crippen LogP contribution is 2.36. The van der Waals surface area contributed by atoms with Gasteiger partial charge in [0.25, 0.3) is 0 Å². The lowest BCUT2D eigenvalue weighted by molar-refractivity contribution is -0.155. The van der Waals surface area contributed by atoms with Crippen LogP contribution in [-0.2, 0) is 9.59 Å². The van der Waals surface area contributed by atoms with E-state index in [1.165, 1.54) is 14.0 Å². The topological polar surface area (TPSA) is 66.4 Å². The number of amides is 1. The van der Waals surface area contributed by atoms with Crippen molar-refractivity contribution in [2.24, 2.45) is 11.3 Å². The highest BCUT2D eigenvalue weighted by Gasteiger charge is 2.42. The highest BCUT2D eigenvalue weighted by molar-refractivity contribution is 6.01. The van der Waals surface area contributed by atoms with Crippen LogP contribution in [0.4, 0.5) is 0 Å². The quantitative estimate of drug-likeness (QED) is 0.694. The zero-order valence-corrected chi connectivity index (χ0v) is 9.38. The third kappa shape index (κ3) is 2.49. The maximum Gasteiger partial charge on any atom is 0.318 e. The molecule has 0 saturated heterocycles. The first-order chi connectivity index (χ1) is 7.00. The third-order valence-electron chi connectivity index (χ3n) is 3.37. The number of rotatable bonds is 4. The summed E-state index contributed by atoms with van der Waals surface area (Å²) in [6.07, 6.45) is 4.89. The van der Waals surface area contributed by atoms with Crippen LogP contribution in [0, 0.1) is 11.3 Å². The Kier molecular flexibility index (Phi) is 3.72. The minimum atomic E-state index is -1.26. The summed E-state index contributed by atoms with van der Waals surface area (Å²) in [5.41, 5.74) is -1.26. The predicted molar refractivity (Wildman–Crippen MR) is 56.4 cm³/mol. The fourth-order valence-electron chi connectivity index (χ4n) is 2.34. The van der Waals surface area contributed by atoms with Gasteiger partial charge in [0.05, 0.1) is 0 Å². The van der Waals surface area contributed by atoms with E-state index < -0.39 is 11.4 Å². The molecule has 4 nitrogen and oxygen atoms in total. The summed E-state index contributed by atoms with van der Waals surface area (Å²) in [5, 5.41) is 11.6. The predicted octanol–water partition coefficient (Wildman–Crippen LogP) is 1.40. The van der Waals surface area contributed by atoms with Crippen LogP contribution >= 0.6 is 0 Å². The van der Waals surface area contributed by atoms with Gasteiger partial charge in [-0.3, -0.25) is 9.59 Å². The Balaban J connectivity index is 2.72. The summed E-state index contributed by atoms with van der Waals surface area (Å²) in [4.78, 5) is 22.7. The van der Waals surface area contributed by atoms with E-state index >= 15 is 0 Å². The zero-order chi connectivity index (χ0) is 11.5. The summed E-state index contributed by atoms with van der Waals surface area (Å²) < 4.78 is 0. The third-order valence-corrected chi connectivity index (χ3v) is 3.37. The van der Waals surface area contributed by atoms with E-state index in [2.05, 4.69) is 5.32 Å². The molecule has 1 amide bonds. The van der Waals surface area contributed by atoms with Crippen LogP contribution in [0.15, 0.2) is 0 Å². The highest BCUT2D eigenvalue weighted by atomic mass is 16.4. The summed E-state index contributed by atoms with van der Waals surface area (Å²) in [6.45, 7) is 1.52. The number of carbonyl (C=O) groups is 2.